The third-order valence-corrected chi connectivity index (χ3v) is 4.84. The van der Waals surface area contributed by atoms with Crippen molar-refractivity contribution in [1.29, 1.82) is 0 Å². The maximum atomic E-state index is 12.6. The summed E-state index contributed by atoms with van der Waals surface area (Å²) in [5.74, 6) is 1.11. The number of aromatic nitrogens is 1. The first kappa shape index (κ1) is 17.8. The molecule has 1 saturated heterocycles. The number of aryl methyl sites for hydroxylation is 1. The molecule has 1 fully saturated rings. The Morgan fingerprint density at radius 3 is 2.64 bits per heavy atom. The highest BCUT2D eigenvalue weighted by Gasteiger charge is 2.28. The van der Waals surface area contributed by atoms with E-state index in [1.54, 1.807) is 13.0 Å². The highest BCUT2D eigenvalue weighted by molar-refractivity contribution is 6.33. The smallest absolute Gasteiger partial charge is 0.242 e. The van der Waals surface area contributed by atoms with Crippen LogP contribution in [0, 0.1) is 6.92 Å². The van der Waals surface area contributed by atoms with E-state index in [0.29, 0.717) is 11.6 Å². The number of para-hydroxylation sites is 1. The summed E-state index contributed by atoms with van der Waals surface area (Å²) in [4.78, 5) is 17.1. The van der Waals surface area contributed by atoms with E-state index in [4.69, 9.17) is 16.1 Å². The molecular weight excluding hydrogens is 340 g/mol. The largest absolute Gasteiger partial charge is 0.368 e. The van der Waals surface area contributed by atoms with Crippen LogP contribution in [0.3, 0.4) is 0 Å². The van der Waals surface area contributed by atoms with Crippen molar-refractivity contribution in [2.75, 3.05) is 36.4 Å². The molecule has 134 valence electrons. The zero-order chi connectivity index (χ0) is 17.8. The van der Waals surface area contributed by atoms with Crippen molar-refractivity contribution < 1.29 is 9.32 Å². The second-order valence-corrected chi connectivity index (χ2v) is 6.62. The minimum atomic E-state index is -0.176. The van der Waals surface area contributed by atoms with Crippen LogP contribution in [0.25, 0.3) is 0 Å². The van der Waals surface area contributed by atoms with Gasteiger partial charge in [-0.05, 0) is 25.5 Å². The summed E-state index contributed by atoms with van der Waals surface area (Å²) in [5.41, 5.74) is 1.05. The Hall–Kier alpha value is -2.05. The van der Waals surface area contributed by atoms with E-state index >= 15 is 0 Å². The molecule has 25 heavy (non-hydrogen) atoms. The van der Waals surface area contributed by atoms with Crippen molar-refractivity contribution in [2.45, 2.75) is 26.3 Å². The van der Waals surface area contributed by atoms with Crippen LogP contribution < -0.4 is 10.2 Å². The van der Waals surface area contributed by atoms with Gasteiger partial charge in [-0.1, -0.05) is 35.8 Å². The molecule has 7 heteroatoms. The van der Waals surface area contributed by atoms with Gasteiger partial charge in [-0.2, -0.15) is 0 Å². The summed E-state index contributed by atoms with van der Waals surface area (Å²) >= 11 is 6.29. The van der Waals surface area contributed by atoms with Crippen LogP contribution in [0.1, 0.15) is 19.1 Å². The molecule has 1 amide bonds. The number of hydrogen-bond donors (Lipinski definition) is 1. The van der Waals surface area contributed by atoms with Crippen molar-refractivity contribution in [3.05, 3.63) is 41.1 Å². The van der Waals surface area contributed by atoms with Crippen LogP contribution in [-0.2, 0) is 4.79 Å². The van der Waals surface area contributed by atoms with Crippen molar-refractivity contribution in [3.63, 3.8) is 0 Å². The number of halogens is 1. The number of amides is 1. The third kappa shape index (κ3) is 4.14. The lowest BCUT2D eigenvalue weighted by atomic mass is 10.1. The maximum absolute atomic E-state index is 12.6. The van der Waals surface area contributed by atoms with Crippen molar-refractivity contribution in [2.24, 2.45) is 0 Å². The van der Waals surface area contributed by atoms with E-state index in [9.17, 15) is 4.79 Å². The number of piperazine rings is 1. The molecule has 1 aromatic heterocycles. The molecule has 0 radical (unpaired) electrons. The van der Waals surface area contributed by atoms with E-state index in [1.165, 1.54) is 0 Å². The Morgan fingerprint density at radius 1 is 1.32 bits per heavy atom. The number of hydrogen-bond acceptors (Lipinski definition) is 5. The van der Waals surface area contributed by atoms with Crippen LogP contribution in [0.15, 0.2) is 34.9 Å². The molecule has 2 heterocycles. The van der Waals surface area contributed by atoms with Crippen molar-refractivity contribution in [3.8, 4) is 0 Å². The molecule has 0 aliphatic carbocycles. The van der Waals surface area contributed by atoms with Crippen LogP contribution in [0.5, 0.6) is 0 Å². The maximum Gasteiger partial charge on any atom is 0.242 e. The Bertz CT molecular complexity index is 725. The summed E-state index contributed by atoms with van der Waals surface area (Å²) in [6, 6.07) is 9.42. The second kappa shape index (κ2) is 7.89. The summed E-state index contributed by atoms with van der Waals surface area (Å²) in [6.07, 6.45) is 0.745. The lowest BCUT2D eigenvalue weighted by molar-refractivity contribution is -0.121. The molecule has 0 saturated carbocycles. The molecule has 1 aliphatic rings. The fraction of sp³-hybridized carbons (Fsp3) is 0.444. The summed E-state index contributed by atoms with van der Waals surface area (Å²) in [5, 5.41) is 7.44. The molecule has 1 aliphatic heterocycles. The second-order valence-electron chi connectivity index (χ2n) is 6.21. The number of nitrogens with zero attached hydrogens (tertiary/aromatic N) is 3. The first-order chi connectivity index (χ1) is 12.1. The Balaban J connectivity index is 1.60. The molecule has 1 N–H and O–H groups in total. The van der Waals surface area contributed by atoms with Gasteiger partial charge in [0.25, 0.3) is 0 Å². The minimum absolute atomic E-state index is 0.0398. The Labute approximate surface area is 152 Å². The Morgan fingerprint density at radius 2 is 2.04 bits per heavy atom. The number of nitrogens with one attached hydrogen (secondary N) is 1. The van der Waals surface area contributed by atoms with E-state index in [0.717, 1.165) is 43.3 Å². The van der Waals surface area contributed by atoms with Gasteiger partial charge < -0.3 is 14.7 Å². The molecule has 0 bridgehead atoms. The van der Waals surface area contributed by atoms with Crippen LogP contribution in [-0.4, -0.2) is 48.2 Å². The topological polar surface area (TPSA) is 61.6 Å². The van der Waals surface area contributed by atoms with Crippen LogP contribution in [0.4, 0.5) is 11.5 Å². The van der Waals surface area contributed by atoms with E-state index in [1.807, 2.05) is 31.2 Å². The highest BCUT2D eigenvalue weighted by atomic mass is 35.5. The van der Waals surface area contributed by atoms with Gasteiger partial charge in [0.2, 0.25) is 5.91 Å². The SMILES string of the molecule is CCC(C(=O)Nc1cc(C)on1)N1CCN(c2ccccc2Cl)CC1. The summed E-state index contributed by atoms with van der Waals surface area (Å²) < 4.78 is 5.00. The van der Waals surface area contributed by atoms with Crippen LogP contribution >= 0.6 is 11.6 Å². The van der Waals surface area contributed by atoms with Crippen molar-refractivity contribution >= 4 is 29.0 Å². The number of anilines is 2. The lowest BCUT2D eigenvalue weighted by Crippen LogP contribution is -2.53. The first-order valence-electron chi connectivity index (χ1n) is 8.56. The van der Waals surface area contributed by atoms with E-state index in [-0.39, 0.29) is 11.9 Å². The van der Waals surface area contributed by atoms with Gasteiger partial charge in [0, 0.05) is 32.2 Å². The zero-order valence-electron chi connectivity index (χ0n) is 14.5. The molecular formula is C18H23ClN4O2. The van der Waals surface area contributed by atoms with Gasteiger partial charge in [-0.25, -0.2) is 0 Å². The fourth-order valence-electron chi connectivity index (χ4n) is 3.23. The molecule has 1 aromatic carbocycles. The normalized spacial score (nSPS) is 16.7. The molecule has 1 atom stereocenters. The van der Waals surface area contributed by atoms with Gasteiger partial charge in [-0.15, -0.1) is 0 Å². The average Bonchev–Trinajstić information content (AvgIpc) is 3.01. The zero-order valence-corrected chi connectivity index (χ0v) is 15.3. The fourth-order valence-corrected chi connectivity index (χ4v) is 3.48. The predicted molar refractivity (Wildman–Crippen MR) is 99.2 cm³/mol. The van der Waals surface area contributed by atoms with E-state index < -0.39 is 0 Å². The predicted octanol–water partition coefficient (Wildman–Crippen LogP) is 3.18. The molecule has 0 spiro atoms. The van der Waals surface area contributed by atoms with Crippen molar-refractivity contribution in [1.82, 2.24) is 10.1 Å². The molecule has 2 aromatic rings. The Kier molecular flexibility index (Phi) is 5.60. The standard InChI is InChI=1S/C18H23ClN4O2/c1-3-15(18(24)20-17-12-13(2)25-21-17)22-8-10-23(11-9-22)16-7-5-4-6-14(16)19/h4-7,12,15H,3,8-11H2,1-2H3,(H,20,21,24). The first-order valence-corrected chi connectivity index (χ1v) is 8.94. The molecule has 3 rings (SSSR count). The van der Waals surface area contributed by atoms with Gasteiger partial charge in [-0.3, -0.25) is 9.69 Å². The number of benzene rings is 1. The molecule has 1 unspecified atom stereocenters. The third-order valence-electron chi connectivity index (χ3n) is 4.52. The van der Waals surface area contributed by atoms with E-state index in [2.05, 4.69) is 20.3 Å². The minimum Gasteiger partial charge on any atom is -0.368 e. The summed E-state index contributed by atoms with van der Waals surface area (Å²) in [6.45, 7) is 7.14. The monoisotopic (exact) mass is 362 g/mol. The number of carbonyl (C=O) groups is 1. The number of rotatable bonds is 5. The van der Waals surface area contributed by atoms with Crippen LogP contribution in [0.2, 0.25) is 5.02 Å². The van der Waals surface area contributed by atoms with Gasteiger partial charge in [0.05, 0.1) is 16.8 Å². The summed E-state index contributed by atoms with van der Waals surface area (Å²) in [7, 11) is 0. The highest BCUT2D eigenvalue weighted by Crippen LogP contribution is 2.26. The lowest BCUT2D eigenvalue weighted by Gasteiger charge is -2.39. The van der Waals surface area contributed by atoms with Gasteiger partial charge in [0.15, 0.2) is 5.82 Å². The molecule has 6 nitrogen and oxygen atoms in total. The number of carbonyl (C=O) groups excluding carboxylic acids is 1. The van der Waals surface area contributed by atoms with Gasteiger partial charge >= 0.3 is 0 Å². The van der Waals surface area contributed by atoms with Gasteiger partial charge in [0.1, 0.15) is 5.76 Å². The average molecular weight is 363 g/mol. The quantitative estimate of drug-likeness (QED) is 0.885.